The molecule has 124 valence electrons. The minimum Gasteiger partial charge on any atom is -0.469 e. The SMILES string of the molecule is CNC(=O)Cc1ccc(NC(=S)NC(=O)CCC(=O)OC)cc1. The molecule has 0 aliphatic carbocycles. The van der Waals surface area contributed by atoms with Crippen molar-refractivity contribution in [3.63, 3.8) is 0 Å². The lowest BCUT2D eigenvalue weighted by molar-refractivity contribution is -0.142. The van der Waals surface area contributed by atoms with E-state index in [9.17, 15) is 14.4 Å². The number of benzene rings is 1. The number of anilines is 1. The molecule has 0 unspecified atom stereocenters. The summed E-state index contributed by atoms with van der Waals surface area (Å²) in [5, 5.41) is 8.01. The number of thiocarbonyl (C=S) groups is 1. The number of esters is 1. The van der Waals surface area contributed by atoms with Gasteiger partial charge in [0.15, 0.2) is 5.11 Å². The largest absolute Gasteiger partial charge is 0.469 e. The van der Waals surface area contributed by atoms with Gasteiger partial charge in [-0.15, -0.1) is 0 Å². The fourth-order valence-corrected chi connectivity index (χ4v) is 1.88. The highest BCUT2D eigenvalue weighted by Gasteiger charge is 2.08. The minimum absolute atomic E-state index is 0.000436. The fraction of sp³-hybridized carbons (Fsp3) is 0.333. The number of amides is 2. The van der Waals surface area contributed by atoms with Gasteiger partial charge in [-0.1, -0.05) is 12.1 Å². The summed E-state index contributed by atoms with van der Waals surface area (Å²) in [7, 11) is 2.85. The molecule has 0 saturated heterocycles. The van der Waals surface area contributed by atoms with Crippen LogP contribution < -0.4 is 16.0 Å². The molecule has 0 aliphatic rings. The third kappa shape index (κ3) is 7.37. The van der Waals surface area contributed by atoms with Crippen LogP contribution in [0.4, 0.5) is 5.69 Å². The summed E-state index contributed by atoms with van der Waals surface area (Å²) in [6, 6.07) is 7.09. The van der Waals surface area contributed by atoms with Crippen LogP contribution >= 0.6 is 12.2 Å². The zero-order chi connectivity index (χ0) is 17.2. The van der Waals surface area contributed by atoms with E-state index >= 15 is 0 Å². The lowest BCUT2D eigenvalue weighted by Crippen LogP contribution is -2.34. The highest BCUT2D eigenvalue weighted by molar-refractivity contribution is 7.80. The molecule has 0 saturated carbocycles. The van der Waals surface area contributed by atoms with Gasteiger partial charge < -0.3 is 20.7 Å². The summed E-state index contributed by atoms with van der Waals surface area (Å²) in [5.74, 6) is -0.894. The predicted octanol–water partition coefficient (Wildman–Crippen LogP) is 0.741. The Hall–Kier alpha value is -2.48. The van der Waals surface area contributed by atoms with Crippen LogP contribution in [0.25, 0.3) is 0 Å². The Balaban J connectivity index is 2.43. The van der Waals surface area contributed by atoms with Gasteiger partial charge in [-0.3, -0.25) is 14.4 Å². The Morgan fingerprint density at radius 1 is 1.09 bits per heavy atom. The van der Waals surface area contributed by atoms with Crippen LogP contribution in [0.2, 0.25) is 0 Å². The Bertz CT molecular complexity index is 587. The third-order valence-corrected chi connectivity index (χ3v) is 3.10. The summed E-state index contributed by atoms with van der Waals surface area (Å²) >= 11 is 5.02. The molecule has 0 heterocycles. The number of carbonyl (C=O) groups excluding carboxylic acids is 3. The van der Waals surface area contributed by atoms with E-state index in [-0.39, 0.29) is 29.8 Å². The molecule has 23 heavy (non-hydrogen) atoms. The predicted molar refractivity (Wildman–Crippen MR) is 89.8 cm³/mol. The molecular weight excluding hydrogens is 318 g/mol. The van der Waals surface area contributed by atoms with Gasteiger partial charge in [-0.05, 0) is 29.9 Å². The number of hydrogen-bond donors (Lipinski definition) is 3. The van der Waals surface area contributed by atoms with Crippen molar-refractivity contribution < 1.29 is 19.1 Å². The number of hydrogen-bond acceptors (Lipinski definition) is 5. The van der Waals surface area contributed by atoms with E-state index in [2.05, 4.69) is 20.7 Å². The molecule has 0 radical (unpaired) electrons. The fourth-order valence-electron chi connectivity index (χ4n) is 1.65. The summed E-state index contributed by atoms with van der Waals surface area (Å²) in [6.45, 7) is 0. The second-order valence-corrected chi connectivity index (χ2v) is 5.03. The molecule has 7 nitrogen and oxygen atoms in total. The first-order chi connectivity index (χ1) is 10.9. The first-order valence-electron chi connectivity index (χ1n) is 6.91. The maximum absolute atomic E-state index is 11.6. The van der Waals surface area contributed by atoms with Crippen molar-refractivity contribution in [2.45, 2.75) is 19.3 Å². The van der Waals surface area contributed by atoms with Crippen LogP contribution in [0, 0.1) is 0 Å². The van der Waals surface area contributed by atoms with Gasteiger partial charge in [0, 0.05) is 19.2 Å². The van der Waals surface area contributed by atoms with Gasteiger partial charge in [-0.2, -0.15) is 0 Å². The van der Waals surface area contributed by atoms with Crippen molar-refractivity contribution in [2.75, 3.05) is 19.5 Å². The van der Waals surface area contributed by atoms with Crippen LogP contribution in [0.5, 0.6) is 0 Å². The van der Waals surface area contributed by atoms with Crippen LogP contribution in [0.15, 0.2) is 24.3 Å². The van der Waals surface area contributed by atoms with Crippen molar-refractivity contribution in [3.8, 4) is 0 Å². The lowest BCUT2D eigenvalue weighted by Gasteiger charge is -2.10. The highest BCUT2D eigenvalue weighted by Crippen LogP contribution is 2.10. The molecular formula is C15H19N3O4S. The number of likely N-dealkylation sites (N-methyl/N-ethyl adjacent to an activating group) is 1. The number of nitrogens with one attached hydrogen (secondary N) is 3. The topological polar surface area (TPSA) is 96.5 Å². The van der Waals surface area contributed by atoms with Crippen molar-refractivity contribution in [3.05, 3.63) is 29.8 Å². The minimum atomic E-state index is -0.453. The van der Waals surface area contributed by atoms with Gasteiger partial charge in [0.05, 0.1) is 20.0 Å². The van der Waals surface area contributed by atoms with E-state index in [0.717, 1.165) is 5.56 Å². The molecule has 0 atom stereocenters. The van der Waals surface area contributed by atoms with Gasteiger partial charge in [0.2, 0.25) is 11.8 Å². The molecule has 0 spiro atoms. The van der Waals surface area contributed by atoms with E-state index in [1.807, 2.05) is 0 Å². The van der Waals surface area contributed by atoms with E-state index in [1.54, 1.807) is 31.3 Å². The van der Waals surface area contributed by atoms with E-state index in [4.69, 9.17) is 12.2 Å². The summed E-state index contributed by atoms with van der Waals surface area (Å²) in [5.41, 5.74) is 1.55. The molecule has 0 aliphatic heterocycles. The number of methoxy groups -OCH3 is 1. The Kier molecular flexibility index (Phi) is 7.69. The molecule has 1 aromatic rings. The molecule has 0 aromatic heterocycles. The summed E-state index contributed by atoms with van der Waals surface area (Å²) in [4.78, 5) is 33.8. The van der Waals surface area contributed by atoms with Crippen molar-refractivity contribution >= 4 is 40.8 Å². The number of ether oxygens (including phenoxy) is 1. The first kappa shape index (κ1) is 18.6. The average Bonchev–Trinajstić information content (AvgIpc) is 2.54. The monoisotopic (exact) mass is 337 g/mol. The molecule has 3 N–H and O–H groups in total. The van der Waals surface area contributed by atoms with Crippen molar-refractivity contribution in [2.24, 2.45) is 0 Å². The Labute approximate surface area is 139 Å². The lowest BCUT2D eigenvalue weighted by atomic mass is 10.1. The smallest absolute Gasteiger partial charge is 0.306 e. The van der Waals surface area contributed by atoms with Crippen molar-refractivity contribution in [1.82, 2.24) is 10.6 Å². The zero-order valence-corrected chi connectivity index (χ0v) is 13.8. The third-order valence-electron chi connectivity index (χ3n) is 2.89. The van der Waals surface area contributed by atoms with Crippen LogP contribution in [-0.4, -0.2) is 37.1 Å². The second-order valence-electron chi connectivity index (χ2n) is 4.63. The summed E-state index contributed by atoms with van der Waals surface area (Å²) < 4.78 is 4.45. The normalized spacial score (nSPS) is 9.65. The Morgan fingerprint density at radius 3 is 2.30 bits per heavy atom. The maximum Gasteiger partial charge on any atom is 0.306 e. The van der Waals surface area contributed by atoms with E-state index in [0.29, 0.717) is 12.1 Å². The molecule has 1 rings (SSSR count). The first-order valence-corrected chi connectivity index (χ1v) is 7.32. The second kappa shape index (κ2) is 9.52. The molecule has 0 fully saturated rings. The quantitative estimate of drug-likeness (QED) is 0.523. The van der Waals surface area contributed by atoms with Crippen LogP contribution in [-0.2, 0) is 25.5 Å². The average molecular weight is 337 g/mol. The Morgan fingerprint density at radius 2 is 1.74 bits per heavy atom. The number of rotatable bonds is 6. The number of carbonyl (C=O) groups is 3. The van der Waals surface area contributed by atoms with Gasteiger partial charge in [0.1, 0.15) is 0 Å². The van der Waals surface area contributed by atoms with Crippen LogP contribution in [0.3, 0.4) is 0 Å². The molecule has 2 amide bonds. The maximum atomic E-state index is 11.6. The van der Waals surface area contributed by atoms with Gasteiger partial charge >= 0.3 is 5.97 Å². The van der Waals surface area contributed by atoms with Gasteiger partial charge in [-0.25, -0.2) is 0 Å². The van der Waals surface area contributed by atoms with Gasteiger partial charge in [0.25, 0.3) is 0 Å². The van der Waals surface area contributed by atoms with Crippen molar-refractivity contribution in [1.29, 1.82) is 0 Å². The van der Waals surface area contributed by atoms with E-state index < -0.39 is 5.97 Å². The molecule has 8 heteroatoms. The highest BCUT2D eigenvalue weighted by atomic mass is 32.1. The van der Waals surface area contributed by atoms with E-state index in [1.165, 1.54) is 7.11 Å². The molecule has 1 aromatic carbocycles. The van der Waals surface area contributed by atoms with Crippen LogP contribution in [0.1, 0.15) is 18.4 Å². The molecule has 0 bridgehead atoms. The summed E-state index contributed by atoms with van der Waals surface area (Å²) in [6.07, 6.45) is 0.296. The zero-order valence-electron chi connectivity index (χ0n) is 13.0. The standard InChI is InChI=1S/C15H19N3O4S/c1-16-13(20)9-10-3-5-11(6-4-10)17-15(23)18-12(19)7-8-14(21)22-2/h3-6H,7-9H2,1-2H3,(H,16,20)(H2,17,18,19,23).